The van der Waals surface area contributed by atoms with E-state index in [-0.39, 0.29) is 92.2 Å². The van der Waals surface area contributed by atoms with Crippen molar-refractivity contribution in [2.24, 2.45) is 0 Å². The molecule has 0 bridgehead atoms. The lowest BCUT2D eigenvalue weighted by Gasteiger charge is -2.33. The van der Waals surface area contributed by atoms with Gasteiger partial charge in [0.1, 0.15) is 6.04 Å². The first-order chi connectivity index (χ1) is 29.7. The molecule has 2 amide bonds. The SMILES string of the molecule is CCOP(=O)(OCC)C(CCNC(=O)C(CCC(P(=O)(OCC)OCC)P(=O)(OCC)OCC)NC(=O)CC(P(=O)(OCC)OCC)P(=O)(OCC)OCC)P(=O)(OCC)OCC. The van der Waals surface area contributed by atoms with Crippen molar-refractivity contribution in [3.05, 3.63) is 0 Å². The Morgan fingerprint density at radius 1 is 0.365 bits per heavy atom. The van der Waals surface area contributed by atoms with Crippen molar-refractivity contribution in [2.45, 2.75) is 131 Å². The van der Waals surface area contributed by atoms with Crippen molar-refractivity contribution in [2.75, 3.05) is 85.8 Å². The van der Waals surface area contributed by atoms with Crippen LogP contribution in [0.2, 0.25) is 0 Å². The smallest absolute Gasteiger partial charge is 0.346 e. The van der Waals surface area contributed by atoms with Crippen molar-refractivity contribution >= 4 is 57.4 Å². The van der Waals surface area contributed by atoms with E-state index in [9.17, 15) is 37.0 Å². The molecular weight excluding hydrogens is 954 g/mol. The second kappa shape index (κ2) is 31.8. The van der Waals surface area contributed by atoms with E-state index < -0.39 is 98.9 Å². The van der Waals surface area contributed by atoms with Gasteiger partial charge in [0.05, 0.1) is 85.7 Å². The van der Waals surface area contributed by atoms with Crippen LogP contribution in [-0.2, 0) is 91.3 Å². The van der Waals surface area contributed by atoms with Crippen molar-refractivity contribution < 1.29 is 91.3 Å². The first-order valence-corrected chi connectivity index (χ1v) is 31.3. The Labute approximate surface area is 375 Å². The van der Waals surface area contributed by atoms with Crippen molar-refractivity contribution in [1.29, 1.82) is 0 Å². The highest BCUT2D eigenvalue weighted by Crippen LogP contribution is 2.73. The molecule has 0 aromatic carbocycles. The molecule has 1 unspecified atom stereocenters. The Bertz CT molecular complexity index is 1470. The van der Waals surface area contributed by atoms with Gasteiger partial charge in [-0.3, -0.25) is 37.0 Å². The topological polar surface area (TPSA) is 271 Å². The van der Waals surface area contributed by atoms with Gasteiger partial charge < -0.3 is 64.9 Å². The zero-order chi connectivity index (χ0) is 48.4. The fourth-order valence-corrected chi connectivity index (χ4v) is 22.2. The van der Waals surface area contributed by atoms with Crippen LogP contribution in [0.3, 0.4) is 0 Å². The summed E-state index contributed by atoms with van der Waals surface area (Å²) in [5.74, 6) is -1.90. The fraction of sp³-hybridized carbons (Fsp3) is 0.943. The van der Waals surface area contributed by atoms with E-state index in [0.29, 0.717) is 0 Å². The molecule has 0 fully saturated rings. The molecule has 0 aromatic rings. The molecule has 28 heteroatoms. The van der Waals surface area contributed by atoms with Gasteiger partial charge in [0.25, 0.3) is 0 Å². The van der Waals surface area contributed by atoms with Crippen LogP contribution in [0.15, 0.2) is 0 Å². The van der Waals surface area contributed by atoms with Crippen LogP contribution in [0.25, 0.3) is 0 Å². The van der Waals surface area contributed by atoms with Crippen molar-refractivity contribution in [3.8, 4) is 0 Å². The molecule has 0 rings (SSSR count). The highest BCUT2D eigenvalue weighted by atomic mass is 31.3. The molecule has 0 saturated carbocycles. The van der Waals surface area contributed by atoms with Gasteiger partial charge in [-0.2, -0.15) is 0 Å². The third-order valence-electron chi connectivity index (χ3n) is 8.33. The summed E-state index contributed by atoms with van der Waals surface area (Å²) in [7, 11) is -26.0. The van der Waals surface area contributed by atoms with Gasteiger partial charge in [-0.1, -0.05) is 0 Å². The number of rotatable bonds is 40. The monoisotopic (exact) mass is 1030 g/mol. The molecule has 0 spiro atoms. The van der Waals surface area contributed by atoms with Gasteiger partial charge in [-0.25, -0.2) is 0 Å². The van der Waals surface area contributed by atoms with Gasteiger partial charge in [0.2, 0.25) is 11.8 Å². The molecule has 0 heterocycles. The third-order valence-corrected chi connectivity index (χ3v) is 26.6. The molecule has 2 N–H and O–H groups in total. The first kappa shape index (κ1) is 62.8. The lowest BCUT2D eigenvalue weighted by molar-refractivity contribution is -0.129. The van der Waals surface area contributed by atoms with E-state index in [1.807, 2.05) is 0 Å². The molecule has 376 valence electrons. The predicted octanol–water partition coefficient (Wildman–Crippen LogP) is 9.72. The summed E-state index contributed by atoms with van der Waals surface area (Å²) < 4.78 is 152. The molecule has 0 radical (unpaired) electrons. The predicted molar refractivity (Wildman–Crippen MR) is 240 cm³/mol. The summed E-state index contributed by atoms with van der Waals surface area (Å²) in [5, 5.41) is 0.288. The Morgan fingerprint density at radius 3 is 0.857 bits per heavy atom. The van der Waals surface area contributed by atoms with Crippen LogP contribution in [0.5, 0.6) is 0 Å². The van der Waals surface area contributed by atoms with Crippen molar-refractivity contribution in [1.82, 2.24) is 10.6 Å². The fourth-order valence-electron chi connectivity index (χ4n) is 6.24. The summed E-state index contributed by atoms with van der Waals surface area (Å²) in [4.78, 5) is 28.5. The Morgan fingerprint density at radius 2 is 0.603 bits per heavy atom. The summed E-state index contributed by atoms with van der Waals surface area (Å²) >= 11 is 0. The number of amides is 2. The normalized spacial score (nSPS) is 13.9. The molecule has 0 saturated heterocycles. The minimum absolute atomic E-state index is 0.0889. The zero-order valence-corrected chi connectivity index (χ0v) is 44.5. The van der Waals surface area contributed by atoms with E-state index in [0.717, 1.165) is 0 Å². The van der Waals surface area contributed by atoms with Gasteiger partial charge in [-0.05, 0) is 102 Å². The Balaban J connectivity index is 7.55. The number of carbonyl (C=O) groups excluding carboxylic acids is 2. The van der Waals surface area contributed by atoms with Crippen LogP contribution in [0.4, 0.5) is 0 Å². The minimum Gasteiger partial charge on any atom is -0.354 e. The molecule has 1 atom stereocenters. The van der Waals surface area contributed by atoms with Crippen LogP contribution >= 0.6 is 45.6 Å². The van der Waals surface area contributed by atoms with E-state index in [1.165, 1.54) is 27.7 Å². The quantitative estimate of drug-likeness (QED) is 0.0540. The summed E-state index contributed by atoms with van der Waals surface area (Å²) in [6, 6.07) is -1.60. The van der Waals surface area contributed by atoms with E-state index in [2.05, 4.69) is 10.6 Å². The third kappa shape index (κ3) is 19.4. The summed E-state index contributed by atoms with van der Waals surface area (Å²) in [5.41, 5.74) is 0. The van der Waals surface area contributed by atoms with Crippen LogP contribution in [0, 0.1) is 0 Å². The zero-order valence-electron chi connectivity index (χ0n) is 39.2. The molecule has 0 aromatic heterocycles. The van der Waals surface area contributed by atoms with Crippen LogP contribution < -0.4 is 10.6 Å². The maximum absolute atomic E-state index is 14.4. The molecule has 0 aliphatic rings. The highest BCUT2D eigenvalue weighted by molar-refractivity contribution is 7.73. The molecule has 0 aliphatic heterocycles. The van der Waals surface area contributed by atoms with Gasteiger partial charge >= 0.3 is 45.6 Å². The maximum atomic E-state index is 14.4. The lowest BCUT2D eigenvalue weighted by atomic mass is 10.1. The number of hydrogen-bond donors (Lipinski definition) is 2. The van der Waals surface area contributed by atoms with Crippen LogP contribution in [0.1, 0.15) is 109 Å². The Kier molecular flexibility index (Phi) is 31.7. The average Bonchev–Trinajstić information content (AvgIpc) is 3.19. The highest BCUT2D eigenvalue weighted by Gasteiger charge is 2.54. The maximum Gasteiger partial charge on any atom is 0.346 e. The lowest BCUT2D eigenvalue weighted by Crippen LogP contribution is -2.48. The van der Waals surface area contributed by atoms with E-state index in [4.69, 9.17) is 54.3 Å². The largest absolute Gasteiger partial charge is 0.354 e. The number of nitrogens with one attached hydrogen (secondary N) is 2. The average molecular weight is 1030 g/mol. The molecular formula is C35H76N2O20P6. The first-order valence-electron chi connectivity index (χ1n) is 21.6. The van der Waals surface area contributed by atoms with E-state index >= 15 is 0 Å². The Hall–Kier alpha value is -0.160. The van der Waals surface area contributed by atoms with Crippen molar-refractivity contribution in [3.63, 3.8) is 0 Å². The molecule has 63 heavy (non-hydrogen) atoms. The second-order valence-corrected chi connectivity index (χ2v) is 27.2. The number of carbonyl (C=O) groups is 2. The van der Waals surface area contributed by atoms with Gasteiger partial charge in [-0.15, -0.1) is 0 Å². The minimum atomic E-state index is -4.44. The molecule has 22 nitrogen and oxygen atoms in total. The van der Waals surface area contributed by atoms with Crippen LogP contribution in [-0.4, -0.2) is 120 Å². The summed E-state index contributed by atoms with van der Waals surface area (Å²) in [6.07, 6.45) is -2.06. The standard InChI is InChI=1S/C35H76N2O20P6/c1-13-46-58(40,47-14-2)32(59(41,48-15-3)49-16-4)26-25-30(37-31(38)29-34(62(44,54-21-9)55-22-10)63(45,56-23-11)57-24-12)35(39)36-28-27-33(60(42,50-17-5)51-18-6)61(43,52-19-7)53-20-8/h30,32-34H,13-29H2,1-12H3,(H,36,39)(H,37,38). The van der Waals surface area contributed by atoms with Gasteiger partial charge in [0.15, 0.2) is 16.2 Å². The number of hydrogen-bond acceptors (Lipinski definition) is 20. The summed E-state index contributed by atoms with van der Waals surface area (Å²) in [6.45, 7) is 16.6. The van der Waals surface area contributed by atoms with Gasteiger partial charge in [0, 0.05) is 6.54 Å². The second-order valence-electron chi connectivity index (χ2n) is 12.7. The molecule has 0 aliphatic carbocycles. The van der Waals surface area contributed by atoms with E-state index in [1.54, 1.807) is 55.4 Å².